The van der Waals surface area contributed by atoms with Gasteiger partial charge in [0, 0.05) is 12.7 Å². The smallest absolute Gasteiger partial charge is 0.161 e. The number of methoxy groups -OCH3 is 1. The van der Waals surface area contributed by atoms with Gasteiger partial charge < -0.3 is 15.2 Å². The molecule has 0 saturated heterocycles. The van der Waals surface area contributed by atoms with Gasteiger partial charge in [0.2, 0.25) is 0 Å². The summed E-state index contributed by atoms with van der Waals surface area (Å²) in [6.45, 7) is 3.15. The number of rotatable bonds is 6. The molecule has 0 unspecified atom stereocenters. The Morgan fingerprint density at radius 1 is 1.19 bits per heavy atom. The Labute approximate surface area is 132 Å². The first-order chi connectivity index (χ1) is 10.2. The second-order valence-electron chi connectivity index (χ2n) is 4.50. The average molecular weight is 352 g/mol. The van der Waals surface area contributed by atoms with Gasteiger partial charge in [0.05, 0.1) is 23.4 Å². The van der Waals surface area contributed by atoms with Crippen LogP contribution in [0.15, 0.2) is 28.7 Å². The molecule has 1 aromatic carbocycles. The number of nitrogens with zero attached hydrogens (tertiary/aromatic N) is 2. The summed E-state index contributed by atoms with van der Waals surface area (Å²) in [6, 6.07) is 7.65. The van der Waals surface area contributed by atoms with E-state index in [0.717, 1.165) is 23.4 Å². The third-order valence-corrected chi connectivity index (χ3v) is 3.68. The van der Waals surface area contributed by atoms with Crippen LogP contribution in [0.1, 0.15) is 19.0 Å². The first-order valence-corrected chi connectivity index (χ1v) is 7.49. The van der Waals surface area contributed by atoms with E-state index in [1.807, 2.05) is 24.3 Å². The third-order valence-electron chi connectivity index (χ3n) is 2.81. The maximum atomic E-state index is 5.91. The van der Waals surface area contributed by atoms with Gasteiger partial charge in [-0.25, -0.2) is 9.97 Å². The van der Waals surface area contributed by atoms with Gasteiger partial charge in [-0.3, -0.25) is 0 Å². The van der Waals surface area contributed by atoms with Gasteiger partial charge in [-0.1, -0.05) is 6.92 Å². The molecule has 0 atom stereocenters. The summed E-state index contributed by atoms with van der Waals surface area (Å²) in [5.74, 6) is 1.81. The van der Waals surface area contributed by atoms with E-state index in [-0.39, 0.29) is 0 Å². The summed E-state index contributed by atoms with van der Waals surface area (Å²) in [4.78, 5) is 8.78. The Kier molecular flexibility index (Phi) is 5.52. The summed E-state index contributed by atoms with van der Waals surface area (Å²) in [7, 11) is 1.62. The zero-order valence-corrected chi connectivity index (χ0v) is 13.7. The number of benzene rings is 1. The highest BCUT2D eigenvalue weighted by Gasteiger charge is 2.11. The van der Waals surface area contributed by atoms with Crippen molar-refractivity contribution in [3.63, 3.8) is 0 Å². The lowest BCUT2D eigenvalue weighted by Crippen LogP contribution is -2.04. The molecule has 2 aromatic rings. The minimum absolute atomic E-state index is 0.373. The highest BCUT2D eigenvalue weighted by molar-refractivity contribution is 9.10. The van der Waals surface area contributed by atoms with E-state index in [0.29, 0.717) is 29.3 Å². The molecule has 0 saturated carbocycles. The average Bonchev–Trinajstić information content (AvgIpc) is 2.50. The molecule has 112 valence electrons. The van der Waals surface area contributed by atoms with Crippen molar-refractivity contribution in [2.45, 2.75) is 20.0 Å². The Hall–Kier alpha value is -1.66. The Morgan fingerprint density at radius 3 is 2.52 bits per heavy atom. The predicted octanol–water partition coefficient (Wildman–Crippen LogP) is 3.42. The Balaban J connectivity index is 2.28. The lowest BCUT2D eigenvalue weighted by Gasteiger charge is -2.09. The Bertz CT molecular complexity index is 603. The van der Waals surface area contributed by atoms with Crippen molar-refractivity contribution in [2.24, 2.45) is 0 Å². The van der Waals surface area contributed by atoms with E-state index in [9.17, 15) is 0 Å². The van der Waals surface area contributed by atoms with Crippen molar-refractivity contribution < 1.29 is 9.47 Å². The molecule has 0 amide bonds. The molecule has 0 fully saturated rings. The van der Waals surface area contributed by atoms with Crippen LogP contribution in [0, 0.1) is 0 Å². The first-order valence-electron chi connectivity index (χ1n) is 6.69. The van der Waals surface area contributed by atoms with Crippen molar-refractivity contribution >= 4 is 21.7 Å². The summed E-state index contributed by atoms with van der Waals surface area (Å²) < 4.78 is 11.4. The molecular weight excluding hydrogens is 334 g/mol. The lowest BCUT2D eigenvalue weighted by molar-refractivity contribution is 0.181. The highest BCUT2D eigenvalue weighted by Crippen LogP contribution is 2.26. The van der Waals surface area contributed by atoms with Gasteiger partial charge >= 0.3 is 0 Å². The van der Waals surface area contributed by atoms with Crippen LogP contribution >= 0.6 is 15.9 Å². The molecule has 1 heterocycles. The molecular formula is C15H18BrN3O2. The quantitative estimate of drug-likeness (QED) is 0.863. The predicted molar refractivity (Wildman–Crippen MR) is 86.1 cm³/mol. The number of hydrogen-bond donors (Lipinski definition) is 1. The van der Waals surface area contributed by atoms with Crippen LogP contribution in [0.4, 0.5) is 5.82 Å². The molecule has 0 aliphatic rings. The lowest BCUT2D eigenvalue weighted by atomic mass is 10.2. The number of anilines is 1. The topological polar surface area (TPSA) is 70.3 Å². The fourth-order valence-corrected chi connectivity index (χ4v) is 2.09. The van der Waals surface area contributed by atoms with E-state index in [1.54, 1.807) is 7.11 Å². The zero-order valence-electron chi connectivity index (χ0n) is 12.1. The molecule has 2 N–H and O–H groups in total. The minimum Gasteiger partial charge on any atom is -0.494 e. The van der Waals surface area contributed by atoms with Crippen molar-refractivity contribution in [2.75, 3.05) is 19.5 Å². The number of halogens is 1. The third kappa shape index (κ3) is 3.92. The number of hydrogen-bond acceptors (Lipinski definition) is 5. The SMILES string of the molecule is CCCOc1ccc(-c2nc(N)c(Br)c(COC)n2)cc1. The summed E-state index contributed by atoms with van der Waals surface area (Å²) in [5, 5.41) is 0. The molecule has 6 heteroatoms. The molecule has 0 bridgehead atoms. The van der Waals surface area contributed by atoms with Crippen molar-refractivity contribution in [1.82, 2.24) is 9.97 Å². The summed E-state index contributed by atoms with van der Waals surface area (Å²) in [6.07, 6.45) is 0.981. The van der Waals surface area contributed by atoms with Crippen LogP contribution in [-0.2, 0) is 11.3 Å². The van der Waals surface area contributed by atoms with E-state index >= 15 is 0 Å². The molecule has 1 aromatic heterocycles. The molecule has 0 radical (unpaired) electrons. The molecule has 0 aliphatic heterocycles. The maximum Gasteiger partial charge on any atom is 0.161 e. The van der Waals surface area contributed by atoms with Gasteiger partial charge in [-0.05, 0) is 46.6 Å². The van der Waals surface area contributed by atoms with Crippen LogP contribution in [0.5, 0.6) is 5.75 Å². The van der Waals surface area contributed by atoms with Gasteiger partial charge in [0.1, 0.15) is 11.6 Å². The maximum absolute atomic E-state index is 5.91. The van der Waals surface area contributed by atoms with E-state index in [1.165, 1.54) is 0 Å². The van der Waals surface area contributed by atoms with E-state index < -0.39 is 0 Å². The second kappa shape index (κ2) is 7.38. The standard InChI is InChI=1S/C15H18BrN3O2/c1-3-8-21-11-6-4-10(5-7-11)15-18-12(9-20-2)13(16)14(17)19-15/h4-7H,3,8-9H2,1-2H3,(H2,17,18,19). The van der Waals surface area contributed by atoms with E-state index in [2.05, 4.69) is 32.8 Å². The molecule has 21 heavy (non-hydrogen) atoms. The normalized spacial score (nSPS) is 10.6. The summed E-state index contributed by atoms with van der Waals surface area (Å²) in [5.41, 5.74) is 7.52. The largest absolute Gasteiger partial charge is 0.494 e. The number of aromatic nitrogens is 2. The second-order valence-corrected chi connectivity index (χ2v) is 5.29. The van der Waals surface area contributed by atoms with Gasteiger partial charge in [-0.2, -0.15) is 0 Å². The fourth-order valence-electron chi connectivity index (χ4n) is 1.79. The van der Waals surface area contributed by atoms with Crippen LogP contribution in [-0.4, -0.2) is 23.7 Å². The zero-order chi connectivity index (χ0) is 15.2. The van der Waals surface area contributed by atoms with Crippen molar-refractivity contribution in [1.29, 1.82) is 0 Å². The number of nitrogen functional groups attached to an aromatic ring is 1. The highest BCUT2D eigenvalue weighted by atomic mass is 79.9. The summed E-state index contributed by atoms with van der Waals surface area (Å²) >= 11 is 3.38. The molecule has 0 aliphatic carbocycles. The van der Waals surface area contributed by atoms with Crippen molar-refractivity contribution in [3.8, 4) is 17.1 Å². The van der Waals surface area contributed by atoms with Gasteiger partial charge in [0.15, 0.2) is 5.82 Å². The van der Waals surface area contributed by atoms with Crippen LogP contribution in [0.2, 0.25) is 0 Å². The van der Waals surface area contributed by atoms with Crippen LogP contribution in [0.3, 0.4) is 0 Å². The van der Waals surface area contributed by atoms with Gasteiger partial charge in [-0.15, -0.1) is 0 Å². The number of nitrogens with two attached hydrogens (primary N) is 1. The monoisotopic (exact) mass is 351 g/mol. The van der Waals surface area contributed by atoms with Gasteiger partial charge in [0.25, 0.3) is 0 Å². The molecule has 0 spiro atoms. The molecule has 5 nitrogen and oxygen atoms in total. The fraction of sp³-hybridized carbons (Fsp3) is 0.333. The van der Waals surface area contributed by atoms with Crippen molar-refractivity contribution in [3.05, 3.63) is 34.4 Å². The first kappa shape index (κ1) is 15.7. The Morgan fingerprint density at radius 2 is 1.90 bits per heavy atom. The van der Waals surface area contributed by atoms with E-state index in [4.69, 9.17) is 15.2 Å². The number of ether oxygens (including phenoxy) is 2. The van der Waals surface area contributed by atoms with Crippen LogP contribution < -0.4 is 10.5 Å². The van der Waals surface area contributed by atoms with Crippen LogP contribution in [0.25, 0.3) is 11.4 Å². The molecule has 2 rings (SSSR count). The minimum atomic E-state index is 0.373.